The van der Waals surface area contributed by atoms with Crippen molar-refractivity contribution >= 4 is 15.9 Å². The third-order valence-electron chi connectivity index (χ3n) is 6.05. The van der Waals surface area contributed by atoms with Gasteiger partial charge in [-0.3, -0.25) is 4.79 Å². The molecular weight excluding hydrogens is 364 g/mol. The number of amides is 1. The molecule has 1 aliphatic heterocycles. The molecule has 8 heteroatoms. The van der Waals surface area contributed by atoms with E-state index in [0.717, 1.165) is 31.5 Å². The Morgan fingerprint density at radius 1 is 1.19 bits per heavy atom. The molecule has 152 valence electrons. The lowest BCUT2D eigenvalue weighted by molar-refractivity contribution is -0.137. The first-order valence-electron chi connectivity index (χ1n) is 10.1. The van der Waals surface area contributed by atoms with Crippen LogP contribution < -0.4 is 0 Å². The van der Waals surface area contributed by atoms with E-state index in [1.165, 1.54) is 12.7 Å². The molecule has 1 amide bonds. The third kappa shape index (κ3) is 5.10. The minimum Gasteiger partial charge on any atom is -0.342 e. The van der Waals surface area contributed by atoms with E-state index in [0.29, 0.717) is 39.0 Å². The Morgan fingerprint density at radius 2 is 1.85 bits per heavy atom. The van der Waals surface area contributed by atoms with E-state index in [1.54, 1.807) is 10.5 Å². The molecule has 3 rings (SSSR count). The molecule has 2 heterocycles. The number of hydrogen-bond acceptors (Lipinski definition) is 4. The predicted molar refractivity (Wildman–Crippen MR) is 105 cm³/mol. The quantitative estimate of drug-likeness (QED) is 0.737. The second-order valence-corrected chi connectivity index (χ2v) is 9.87. The minimum absolute atomic E-state index is 0.0285. The van der Waals surface area contributed by atoms with E-state index >= 15 is 0 Å². The van der Waals surface area contributed by atoms with E-state index in [-0.39, 0.29) is 17.9 Å². The van der Waals surface area contributed by atoms with E-state index in [4.69, 9.17) is 0 Å². The average molecular weight is 397 g/mol. The number of carbonyl (C=O) groups is 1. The van der Waals surface area contributed by atoms with Gasteiger partial charge in [-0.15, -0.1) is 0 Å². The van der Waals surface area contributed by atoms with Gasteiger partial charge in [0.1, 0.15) is 5.82 Å². The smallest absolute Gasteiger partial charge is 0.225 e. The van der Waals surface area contributed by atoms with Gasteiger partial charge < -0.3 is 9.47 Å². The number of aromatic nitrogens is 2. The highest BCUT2D eigenvalue weighted by Gasteiger charge is 2.33. The maximum Gasteiger partial charge on any atom is 0.225 e. The highest BCUT2D eigenvalue weighted by atomic mass is 32.2. The van der Waals surface area contributed by atoms with Gasteiger partial charge in [-0.25, -0.2) is 13.4 Å². The lowest BCUT2D eigenvalue weighted by Crippen LogP contribution is -2.50. The maximum absolute atomic E-state index is 12.7. The summed E-state index contributed by atoms with van der Waals surface area (Å²) in [6.07, 6.45) is 11.9. The van der Waals surface area contributed by atoms with Crippen molar-refractivity contribution < 1.29 is 13.2 Å². The van der Waals surface area contributed by atoms with E-state index in [9.17, 15) is 13.2 Å². The summed E-state index contributed by atoms with van der Waals surface area (Å²) in [6.45, 7) is 4.28. The minimum atomic E-state index is -3.29. The number of piperidine rings is 1. The molecule has 2 fully saturated rings. The van der Waals surface area contributed by atoms with Gasteiger partial charge in [0.05, 0.1) is 6.26 Å². The van der Waals surface area contributed by atoms with Gasteiger partial charge in [0.25, 0.3) is 0 Å². The molecule has 2 aliphatic rings. The first kappa shape index (κ1) is 20.3. The number of carbonyl (C=O) groups excluding carboxylic acids is 1. The standard InChI is InChI=1S/C19H32N4O3S/c1-16-20-10-13-21(16)14-15-23(27(2,25)26)18-8-11-22(12-9-18)19(24)17-6-4-3-5-7-17/h10,13,17-18H,3-9,11-12,14-15H2,1-2H3. The van der Waals surface area contributed by atoms with Crippen molar-refractivity contribution in [1.29, 1.82) is 0 Å². The monoisotopic (exact) mass is 396 g/mol. The zero-order valence-electron chi connectivity index (χ0n) is 16.5. The Bertz CT molecular complexity index is 732. The zero-order chi connectivity index (χ0) is 19.4. The van der Waals surface area contributed by atoms with Crippen LogP contribution in [0.25, 0.3) is 0 Å². The lowest BCUT2D eigenvalue weighted by Gasteiger charge is -2.39. The second-order valence-electron chi connectivity index (χ2n) is 7.93. The fourth-order valence-electron chi connectivity index (χ4n) is 4.45. The second kappa shape index (κ2) is 8.73. The van der Waals surface area contributed by atoms with E-state index in [2.05, 4.69) is 4.98 Å². The number of imidazole rings is 1. The number of rotatable bonds is 6. The van der Waals surface area contributed by atoms with Crippen LogP contribution in [0.5, 0.6) is 0 Å². The molecule has 1 aliphatic carbocycles. The van der Waals surface area contributed by atoms with Crippen molar-refractivity contribution in [1.82, 2.24) is 18.8 Å². The Balaban J connectivity index is 1.57. The molecule has 0 radical (unpaired) electrons. The highest BCUT2D eigenvalue weighted by molar-refractivity contribution is 7.88. The summed E-state index contributed by atoms with van der Waals surface area (Å²) in [5, 5.41) is 0. The van der Waals surface area contributed by atoms with Crippen molar-refractivity contribution in [2.24, 2.45) is 5.92 Å². The Hall–Kier alpha value is -1.41. The lowest BCUT2D eigenvalue weighted by atomic mass is 9.87. The summed E-state index contributed by atoms with van der Waals surface area (Å²) < 4.78 is 28.3. The average Bonchev–Trinajstić information content (AvgIpc) is 3.06. The van der Waals surface area contributed by atoms with Crippen LogP contribution >= 0.6 is 0 Å². The first-order valence-corrected chi connectivity index (χ1v) is 11.9. The first-order chi connectivity index (χ1) is 12.9. The summed E-state index contributed by atoms with van der Waals surface area (Å²) >= 11 is 0. The van der Waals surface area contributed by atoms with Gasteiger partial charge in [0.2, 0.25) is 15.9 Å². The largest absolute Gasteiger partial charge is 0.342 e. The molecule has 0 atom stereocenters. The molecule has 0 bridgehead atoms. The van der Waals surface area contributed by atoms with Crippen LogP contribution in [0.3, 0.4) is 0 Å². The predicted octanol–water partition coefficient (Wildman–Crippen LogP) is 2.02. The Kier molecular flexibility index (Phi) is 6.57. The molecule has 7 nitrogen and oxygen atoms in total. The summed E-state index contributed by atoms with van der Waals surface area (Å²) in [5.41, 5.74) is 0. The molecule has 1 saturated carbocycles. The topological polar surface area (TPSA) is 75.5 Å². The van der Waals surface area contributed by atoms with Gasteiger partial charge in [-0.2, -0.15) is 4.31 Å². The third-order valence-corrected chi connectivity index (χ3v) is 7.38. The van der Waals surface area contributed by atoms with E-state index in [1.807, 2.05) is 22.6 Å². The van der Waals surface area contributed by atoms with Crippen molar-refractivity contribution in [3.63, 3.8) is 0 Å². The van der Waals surface area contributed by atoms with Gasteiger partial charge in [0.15, 0.2) is 0 Å². The molecule has 1 saturated heterocycles. The molecule has 0 unspecified atom stereocenters. The SMILES string of the molecule is Cc1nccn1CCN(C1CCN(C(=O)C2CCCCC2)CC1)S(C)(=O)=O. The van der Waals surface area contributed by atoms with Crippen LogP contribution in [-0.2, 0) is 21.4 Å². The van der Waals surface area contributed by atoms with Gasteiger partial charge in [-0.05, 0) is 32.6 Å². The molecule has 27 heavy (non-hydrogen) atoms. The summed E-state index contributed by atoms with van der Waals surface area (Å²) in [7, 11) is -3.29. The molecule has 0 spiro atoms. The van der Waals surface area contributed by atoms with Crippen molar-refractivity contribution in [2.45, 2.75) is 64.5 Å². The molecule has 0 N–H and O–H groups in total. The van der Waals surface area contributed by atoms with Crippen molar-refractivity contribution in [3.05, 3.63) is 18.2 Å². The Morgan fingerprint density at radius 3 is 2.41 bits per heavy atom. The number of sulfonamides is 1. The molecule has 1 aromatic heterocycles. The van der Waals surface area contributed by atoms with Gasteiger partial charge >= 0.3 is 0 Å². The number of aryl methyl sites for hydroxylation is 1. The Labute approximate surface area is 162 Å². The number of hydrogen-bond donors (Lipinski definition) is 0. The molecule has 0 aromatic carbocycles. The van der Waals surface area contributed by atoms with Crippen LogP contribution in [-0.4, -0.2) is 65.0 Å². The maximum atomic E-state index is 12.7. The van der Waals surface area contributed by atoms with Gasteiger partial charge in [0, 0.05) is 50.5 Å². The normalized spacial score (nSPS) is 20.3. The summed E-state index contributed by atoms with van der Waals surface area (Å²) in [6, 6.07) is -0.0285. The number of likely N-dealkylation sites (tertiary alicyclic amines) is 1. The van der Waals surface area contributed by atoms with Crippen LogP contribution in [0.2, 0.25) is 0 Å². The van der Waals surface area contributed by atoms with Crippen LogP contribution in [0.1, 0.15) is 50.8 Å². The zero-order valence-corrected chi connectivity index (χ0v) is 17.3. The molecular formula is C19H32N4O3S. The van der Waals surface area contributed by atoms with Crippen LogP contribution in [0, 0.1) is 12.8 Å². The summed E-state index contributed by atoms with van der Waals surface area (Å²) in [4.78, 5) is 18.9. The number of nitrogens with zero attached hydrogens (tertiary/aromatic N) is 4. The molecule has 1 aromatic rings. The van der Waals surface area contributed by atoms with Crippen molar-refractivity contribution in [2.75, 3.05) is 25.9 Å². The fraction of sp³-hybridized carbons (Fsp3) is 0.789. The van der Waals surface area contributed by atoms with E-state index < -0.39 is 10.0 Å². The van der Waals surface area contributed by atoms with Crippen LogP contribution in [0.4, 0.5) is 0 Å². The fourth-order valence-corrected chi connectivity index (χ4v) is 5.61. The highest BCUT2D eigenvalue weighted by Crippen LogP contribution is 2.27. The summed E-state index contributed by atoms with van der Waals surface area (Å²) in [5.74, 6) is 1.36. The van der Waals surface area contributed by atoms with Crippen LogP contribution in [0.15, 0.2) is 12.4 Å². The van der Waals surface area contributed by atoms with Gasteiger partial charge in [-0.1, -0.05) is 19.3 Å². The van der Waals surface area contributed by atoms with Crippen molar-refractivity contribution in [3.8, 4) is 0 Å².